The highest BCUT2D eigenvalue weighted by molar-refractivity contribution is 6.30. The number of aliphatic hydroxyl groups is 1. The summed E-state index contributed by atoms with van der Waals surface area (Å²) in [7, 11) is 0. The first kappa shape index (κ1) is 9.52. The number of halogens is 1. The predicted octanol–water partition coefficient (Wildman–Crippen LogP) is 1.64. The molecule has 1 aromatic rings. The fraction of sp³-hybridized carbons (Fsp3) is 0.333. The number of aliphatic hydroxyl groups excluding tert-OH is 1. The Labute approximate surface area is 77.0 Å². The SMILES string of the molecule is Cc1ccc(Cl)cc1[C@H](N)CO. The summed E-state index contributed by atoms with van der Waals surface area (Å²) in [5.74, 6) is 0. The van der Waals surface area contributed by atoms with Crippen LogP contribution in [0.3, 0.4) is 0 Å². The second-order valence-corrected chi connectivity index (χ2v) is 3.23. The van der Waals surface area contributed by atoms with Gasteiger partial charge in [-0.2, -0.15) is 0 Å². The van der Waals surface area contributed by atoms with Crippen LogP contribution < -0.4 is 5.73 Å². The zero-order valence-corrected chi connectivity index (χ0v) is 7.67. The van der Waals surface area contributed by atoms with Crippen molar-refractivity contribution in [3.8, 4) is 0 Å². The zero-order chi connectivity index (χ0) is 9.14. The molecule has 1 atom stereocenters. The van der Waals surface area contributed by atoms with Crippen LogP contribution in [0.1, 0.15) is 17.2 Å². The van der Waals surface area contributed by atoms with Gasteiger partial charge in [0.2, 0.25) is 0 Å². The molecule has 0 amide bonds. The quantitative estimate of drug-likeness (QED) is 0.736. The highest BCUT2D eigenvalue weighted by atomic mass is 35.5. The van der Waals surface area contributed by atoms with E-state index in [9.17, 15) is 0 Å². The fourth-order valence-electron chi connectivity index (χ4n) is 1.11. The maximum atomic E-state index is 8.84. The molecule has 0 spiro atoms. The van der Waals surface area contributed by atoms with Crippen LogP contribution in [0, 0.1) is 6.92 Å². The van der Waals surface area contributed by atoms with Crippen LogP contribution in [0.15, 0.2) is 18.2 Å². The summed E-state index contributed by atoms with van der Waals surface area (Å²) in [6.07, 6.45) is 0. The number of hydrogen-bond donors (Lipinski definition) is 2. The molecule has 1 aromatic carbocycles. The van der Waals surface area contributed by atoms with Crippen LogP contribution in [-0.2, 0) is 0 Å². The van der Waals surface area contributed by atoms with Crippen molar-refractivity contribution in [3.05, 3.63) is 34.3 Å². The van der Waals surface area contributed by atoms with Gasteiger partial charge in [0.15, 0.2) is 0 Å². The first-order valence-corrected chi connectivity index (χ1v) is 4.15. The lowest BCUT2D eigenvalue weighted by molar-refractivity contribution is 0.267. The maximum Gasteiger partial charge on any atom is 0.0624 e. The van der Waals surface area contributed by atoms with E-state index in [2.05, 4.69) is 0 Å². The van der Waals surface area contributed by atoms with Crippen LogP contribution >= 0.6 is 11.6 Å². The van der Waals surface area contributed by atoms with Gasteiger partial charge in [-0.05, 0) is 30.2 Å². The highest BCUT2D eigenvalue weighted by Crippen LogP contribution is 2.19. The van der Waals surface area contributed by atoms with Crippen molar-refractivity contribution in [2.45, 2.75) is 13.0 Å². The van der Waals surface area contributed by atoms with Gasteiger partial charge in [-0.1, -0.05) is 17.7 Å². The minimum atomic E-state index is -0.330. The summed E-state index contributed by atoms with van der Waals surface area (Å²) in [6.45, 7) is 1.89. The summed E-state index contributed by atoms with van der Waals surface area (Å²) in [5.41, 5.74) is 7.62. The summed E-state index contributed by atoms with van der Waals surface area (Å²) in [6, 6.07) is 5.17. The van der Waals surface area contributed by atoms with Gasteiger partial charge in [-0.25, -0.2) is 0 Å². The Morgan fingerprint density at radius 2 is 2.25 bits per heavy atom. The third-order valence-corrected chi connectivity index (χ3v) is 2.07. The smallest absolute Gasteiger partial charge is 0.0624 e. The van der Waals surface area contributed by atoms with Gasteiger partial charge in [0.25, 0.3) is 0 Å². The summed E-state index contributed by atoms with van der Waals surface area (Å²) in [4.78, 5) is 0. The van der Waals surface area contributed by atoms with Crippen molar-refractivity contribution in [1.29, 1.82) is 0 Å². The molecule has 3 heteroatoms. The van der Waals surface area contributed by atoms with Crippen molar-refractivity contribution in [2.24, 2.45) is 5.73 Å². The van der Waals surface area contributed by atoms with E-state index in [0.29, 0.717) is 5.02 Å². The number of rotatable bonds is 2. The molecule has 2 nitrogen and oxygen atoms in total. The van der Waals surface area contributed by atoms with Crippen LogP contribution in [-0.4, -0.2) is 11.7 Å². The van der Waals surface area contributed by atoms with Crippen molar-refractivity contribution < 1.29 is 5.11 Å². The lowest BCUT2D eigenvalue weighted by Crippen LogP contribution is -2.15. The molecule has 0 fully saturated rings. The average molecular weight is 186 g/mol. The third kappa shape index (κ3) is 1.97. The Hall–Kier alpha value is -0.570. The van der Waals surface area contributed by atoms with Gasteiger partial charge in [0, 0.05) is 5.02 Å². The lowest BCUT2D eigenvalue weighted by atomic mass is 10.0. The third-order valence-electron chi connectivity index (χ3n) is 1.84. The Morgan fingerprint density at radius 3 is 2.83 bits per heavy atom. The summed E-state index contributed by atoms with van der Waals surface area (Å²) < 4.78 is 0. The minimum Gasteiger partial charge on any atom is -0.394 e. The Bertz CT molecular complexity index is 275. The molecule has 0 aromatic heterocycles. The molecule has 0 aliphatic carbocycles. The molecular formula is C9H12ClNO. The molecule has 0 aliphatic heterocycles. The van der Waals surface area contributed by atoms with Gasteiger partial charge in [-0.15, -0.1) is 0 Å². The van der Waals surface area contributed by atoms with E-state index in [1.54, 1.807) is 6.07 Å². The van der Waals surface area contributed by atoms with E-state index in [1.165, 1.54) is 0 Å². The van der Waals surface area contributed by atoms with Gasteiger partial charge in [-0.3, -0.25) is 0 Å². The second-order valence-electron chi connectivity index (χ2n) is 2.79. The van der Waals surface area contributed by atoms with E-state index >= 15 is 0 Å². The fourth-order valence-corrected chi connectivity index (χ4v) is 1.29. The molecular weight excluding hydrogens is 174 g/mol. The maximum absolute atomic E-state index is 8.84. The van der Waals surface area contributed by atoms with Crippen LogP contribution in [0.2, 0.25) is 5.02 Å². The summed E-state index contributed by atoms with van der Waals surface area (Å²) in [5, 5.41) is 9.49. The molecule has 12 heavy (non-hydrogen) atoms. The second kappa shape index (κ2) is 3.90. The molecule has 1 rings (SSSR count). The first-order valence-electron chi connectivity index (χ1n) is 3.77. The molecule has 0 unspecified atom stereocenters. The van der Waals surface area contributed by atoms with Crippen LogP contribution in [0.25, 0.3) is 0 Å². The van der Waals surface area contributed by atoms with Gasteiger partial charge < -0.3 is 10.8 Å². The standard InChI is InChI=1S/C9H12ClNO/c1-6-2-3-7(10)4-8(6)9(11)5-12/h2-4,9,12H,5,11H2,1H3/t9-/m1/s1. The van der Waals surface area contributed by atoms with Crippen molar-refractivity contribution >= 4 is 11.6 Å². The lowest BCUT2D eigenvalue weighted by Gasteiger charge is -2.11. The first-order chi connectivity index (χ1) is 5.65. The highest BCUT2D eigenvalue weighted by Gasteiger charge is 2.07. The number of hydrogen-bond acceptors (Lipinski definition) is 2. The number of aryl methyl sites for hydroxylation is 1. The molecule has 66 valence electrons. The molecule has 0 radical (unpaired) electrons. The van der Waals surface area contributed by atoms with E-state index in [1.807, 2.05) is 19.1 Å². The average Bonchev–Trinajstić information content (AvgIpc) is 2.08. The topological polar surface area (TPSA) is 46.2 Å². The minimum absolute atomic E-state index is 0.0544. The molecule has 0 bridgehead atoms. The van der Waals surface area contributed by atoms with Gasteiger partial charge in [0.05, 0.1) is 12.6 Å². The zero-order valence-electron chi connectivity index (χ0n) is 6.92. The van der Waals surface area contributed by atoms with E-state index < -0.39 is 0 Å². The Kier molecular flexibility index (Phi) is 3.09. The van der Waals surface area contributed by atoms with E-state index in [-0.39, 0.29) is 12.6 Å². The van der Waals surface area contributed by atoms with Gasteiger partial charge in [0.1, 0.15) is 0 Å². The van der Waals surface area contributed by atoms with Crippen LogP contribution in [0.5, 0.6) is 0 Å². The van der Waals surface area contributed by atoms with Crippen LogP contribution in [0.4, 0.5) is 0 Å². The molecule has 0 heterocycles. The molecule has 0 saturated heterocycles. The molecule has 0 aliphatic rings. The molecule has 0 saturated carbocycles. The Balaban J connectivity index is 3.04. The van der Waals surface area contributed by atoms with Crippen molar-refractivity contribution in [3.63, 3.8) is 0 Å². The van der Waals surface area contributed by atoms with Gasteiger partial charge >= 0.3 is 0 Å². The van der Waals surface area contributed by atoms with E-state index in [0.717, 1.165) is 11.1 Å². The van der Waals surface area contributed by atoms with E-state index in [4.69, 9.17) is 22.4 Å². The number of nitrogens with two attached hydrogens (primary N) is 1. The number of benzene rings is 1. The summed E-state index contributed by atoms with van der Waals surface area (Å²) >= 11 is 5.78. The monoisotopic (exact) mass is 185 g/mol. The Morgan fingerprint density at radius 1 is 1.58 bits per heavy atom. The van der Waals surface area contributed by atoms with Crippen molar-refractivity contribution in [1.82, 2.24) is 0 Å². The predicted molar refractivity (Wildman–Crippen MR) is 50.2 cm³/mol. The molecule has 3 N–H and O–H groups in total. The normalized spacial score (nSPS) is 13.0. The largest absolute Gasteiger partial charge is 0.394 e. The van der Waals surface area contributed by atoms with Crippen molar-refractivity contribution in [2.75, 3.05) is 6.61 Å².